The molecule has 3 aromatic rings. The van der Waals surface area contributed by atoms with Gasteiger partial charge in [-0.3, -0.25) is 0 Å². The number of fused-ring (bicyclic) bond motifs is 2. The summed E-state index contributed by atoms with van der Waals surface area (Å²) < 4.78 is 14.3. The number of aryl methyl sites for hydroxylation is 1. The van der Waals surface area contributed by atoms with Crippen molar-refractivity contribution in [1.29, 1.82) is 0 Å². The van der Waals surface area contributed by atoms with Gasteiger partial charge in [0.15, 0.2) is 12.3 Å². The average Bonchev–Trinajstić information content (AvgIpc) is 3.21. The standard InChI is InChI=1S/C23H25N2O2.HI/c1-3-16-24-18-10-5-7-12-20(18)26-22(24)14-9-15-23-25(17-4-2)19-11-6-8-13-21(19)27-23;/h5-15H,3-4,16-17H2,1-2H3;1H/q+1;/p-1. The lowest BCUT2D eigenvalue weighted by Gasteiger charge is -2.16. The lowest BCUT2D eigenvalue weighted by atomic mass is 10.2. The Hall–Kier alpha value is -2.28. The van der Waals surface area contributed by atoms with Crippen LogP contribution in [-0.4, -0.2) is 6.54 Å². The number of ether oxygens (including phenoxy) is 1. The molecule has 0 saturated heterocycles. The van der Waals surface area contributed by atoms with Crippen LogP contribution >= 0.6 is 0 Å². The molecule has 0 aliphatic carbocycles. The molecular weight excluding hydrogens is 463 g/mol. The van der Waals surface area contributed by atoms with E-state index in [0.717, 1.165) is 60.2 Å². The van der Waals surface area contributed by atoms with Crippen LogP contribution in [0.3, 0.4) is 0 Å². The van der Waals surface area contributed by atoms with Gasteiger partial charge in [0.1, 0.15) is 0 Å². The average molecular weight is 488 g/mol. The number of hydrogen-bond donors (Lipinski definition) is 0. The summed E-state index contributed by atoms with van der Waals surface area (Å²) in [6, 6.07) is 16.3. The van der Waals surface area contributed by atoms with E-state index in [1.165, 1.54) is 0 Å². The summed E-state index contributed by atoms with van der Waals surface area (Å²) in [5.74, 6) is 2.62. The van der Waals surface area contributed by atoms with Crippen LogP contribution in [-0.2, 0) is 6.54 Å². The van der Waals surface area contributed by atoms with E-state index in [1.807, 2.05) is 54.6 Å². The Bertz CT molecular complexity index is 1010. The SMILES string of the molecule is CCCN1/C(=C/C=C/c2oc3ccccc3[n+]2CCC)Oc2ccccc21.[I-]. The maximum absolute atomic E-state index is 6.05. The molecular formula is C23H25IN2O2. The Morgan fingerprint density at radius 3 is 2.61 bits per heavy atom. The fraction of sp³-hybridized carbons (Fsp3) is 0.261. The number of halogens is 1. The quantitative estimate of drug-likeness (QED) is 0.394. The monoisotopic (exact) mass is 488 g/mol. The number of hydrogen-bond acceptors (Lipinski definition) is 3. The summed E-state index contributed by atoms with van der Waals surface area (Å²) in [7, 11) is 0. The molecule has 0 unspecified atom stereocenters. The summed E-state index contributed by atoms with van der Waals surface area (Å²) in [6.45, 7) is 6.21. The first-order valence-electron chi connectivity index (χ1n) is 9.66. The Morgan fingerprint density at radius 2 is 1.79 bits per heavy atom. The molecule has 0 atom stereocenters. The Morgan fingerprint density at radius 1 is 1.00 bits per heavy atom. The first-order valence-corrected chi connectivity index (χ1v) is 9.66. The van der Waals surface area contributed by atoms with Crippen LogP contribution < -0.4 is 38.2 Å². The highest BCUT2D eigenvalue weighted by atomic mass is 127. The number of aromatic nitrogens is 1. The Kier molecular flexibility index (Phi) is 6.78. The Balaban J connectivity index is 0.00000225. The van der Waals surface area contributed by atoms with E-state index in [0.29, 0.717) is 0 Å². The molecule has 0 saturated carbocycles. The van der Waals surface area contributed by atoms with Crippen molar-refractivity contribution in [2.24, 2.45) is 0 Å². The molecule has 28 heavy (non-hydrogen) atoms. The van der Waals surface area contributed by atoms with Gasteiger partial charge in [-0.2, -0.15) is 4.57 Å². The van der Waals surface area contributed by atoms with Crippen molar-refractivity contribution in [3.63, 3.8) is 0 Å². The van der Waals surface area contributed by atoms with E-state index in [1.54, 1.807) is 0 Å². The molecule has 0 fully saturated rings. The van der Waals surface area contributed by atoms with E-state index in [4.69, 9.17) is 9.15 Å². The van der Waals surface area contributed by atoms with Crippen LogP contribution in [0.2, 0.25) is 0 Å². The highest BCUT2D eigenvalue weighted by Gasteiger charge is 2.24. The van der Waals surface area contributed by atoms with Crippen molar-refractivity contribution in [2.45, 2.75) is 33.2 Å². The molecule has 1 aliphatic heterocycles. The zero-order valence-electron chi connectivity index (χ0n) is 16.3. The van der Waals surface area contributed by atoms with Gasteiger partial charge in [-0.15, -0.1) is 0 Å². The summed E-state index contributed by atoms with van der Waals surface area (Å²) >= 11 is 0. The van der Waals surface area contributed by atoms with Crippen LogP contribution in [0.1, 0.15) is 32.6 Å². The van der Waals surface area contributed by atoms with Crippen molar-refractivity contribution in [3.05, 3.63) is 72.5 Å². The van der Waals surface area contributed by atoms with Gasteiger partial charge in [0.05, 0.1) is 11.8 Å². The van der Waals surface area contributed by atoms with Crippen LogP contribution in [0.5, 0.6) is 5.75 Å². The lowest BCUT2D eigenvalue weighted by Crippen LogP contribution is -3.00. The molecule has 5 heteroatoms. The van der Waals surface area contributed by atoms with Crippen molar-refractivity contribution in [1.82, 2.24) is 0 Å². The van der Waals surface area contributed by atoms with E-state index < -0.39 is 0 Å². The first-order chi connectivity index (χ1) is 13.3. The topological polar surface area (TPSA) is 29.5 Å². The largest absolute Gasteiger partial charge is 1.00 e. The second kappa shape index (κ2) is 9.28. The molecule has 1 aliphatic rings. The van der Waals surface area contributed by atoms with Gasteiger partial charge >= 0.3 is 5.89 Å². The van der Waals surface area contributed by atoms with E-state index in [9.17, 15) is 0 Å². The second-order valence-electron chi connectivity index (χ2n) is 6.65. The number of para-hydroxylation sites is 4. The number of oxazole rings is 1. The minimum atomic E-state index is 0. The van der Waals surface area contributed by atoms with Crippen LogP contribution in [0, 0.1) is 0 Å². The molecule has 4 rings (SSSR count). The Labute approximate surface area is 183 Å². The summed E-state index contributed by atoms with van der Waals surface area (Å²) in [5, 5.41) is 0. The highest BCUT2D eigenvalue weighted by molar-refractivity contribution is 5.70. The number of rotatable bonds is 6. The van der Waals surface area contributed by atoms with Gasteiger partial charge in [-0.05, 0) is 36.8 Å². The molecule has 146 valence electrons. The molecule has 0 radical (unpaired) electrons. The second-order valence-corrected chi connectivity index (χ2v) is 6.65. The third-order valence-corrected chi connectivity index (χ3v) is 4.65. The van der Waals surface area contributed by atoms with Gasteiger partial charge in [-0.25, -0.2) is 0 Å². The summed E-state index contributed by atoms with van der Waals surface area (Å²) in [4.78, 5) is 2.22. The van der Waals surface area contributed by atoms with Crippen LogP contribution in [0.25, 0.3) is 17.2 Å². The summed E-state index contributed by atoms with van der Waals surface area (Å²) in [6.07, 6.45) is 8.14. The predicted octanol–water partition coefficient (Wildman–Crippen LogP) is 2.30. The first kappa shape index (κ1) is 20.5. The third-order valence-electron chi connectivity index (χ3n) is 4.65. The molecule has 4 nitrogen and oxygen atoms in total. The van der Waals surface area contributed by atoms with E-state index >= 15 is 0 Å². The van der Waals surface area contributed by atoms with E-state index in [-0.39, 0.29) is 24.0 Å². The van der Waals surface area contributed by atoms with Gasteiger partial charge in [0, 0.05) is 19.0 Å². The number of anilines is 1. The zero-order valence-corrected chi connectivity index (χ0v) is 18.4. The van der Waals surface area contributed by atoms with E-state index in [2.05, 4.69) is 35.4 Å². The minimum Gasteiger partial charge on any atom is -1.00 e. The normalized spacial score (nSPS) is 14.5. The van der Waals surface area contributed by atoms with Crippen molar-refractivity contribution in [2.75, 3.05) is 11.4 Å². The van der Waals surface area contributed by atoms with Crippen molar-refractivity contribution in [3.8, 4) is 5.75 Å². The molecule has 0 amide bonds. The fourth-order valence-corrected chi connectivity index (χ4v) is 3.48. The molecule has 0 N–H and O–H groups in total. The third kappa shape index (κ3) is 3.94. The summed E-state index contributed by atoms with van der Waals surface area (Å²) in [5.41, 5.74) is 3.17. The maximum Gasteiger partial charge on any atom is 0.374 e. The smallest absolute Gasteiger partial charge is 0.374 e. The number of allylic oxidation sites excluding steroid dienone is 2. The predicted molar refractivity (Wildman–Crippen MR) is 109 cm³/mol. The molecule has 0 spiro atoms. The molecule has 2 heterocycles. The van der Waals surface area contributed by atoms with Gasteiger partial charge in [0.2, 0.25) is 11.5 Å². The van der Waals surface area contributed by atoms with Crippen molar-refractivity contribution >= 4 is 22.9 Å². The zero-order chi connectivity index (χ0) is 18.6. The molecule has 1 aromatic heterocycles. The van der Waals surface area contributed by atoms with Gasteiger partial charge < -0.3 is 38.0 Å². The van der Waals surface area contributed by atoms with Gasteiger partial charge in [-0.1, -0.05) is 38.1 Å². The number of nitrogens with zero attached hydrogens (tertiary/aromatic N) is 2. The van der Waals surface area contributed by atoms with Gasteiger partial charge in [0.25, 0.3) is 5.52 Å². The highest BCUT2D eigenvalue weighted by Crippen LogP contribution is 2.38. The van der Waals surface area contributed by atoms with Crippen LogP contribution in [0.15, 0.2) is 71.0 Å². The minimum absolute atomic E-state index is 0. The lowest BCUT2D eigenvalue weighted by molar-refractivity contribution is -0.678. The van der Waals surface area contributed by atoms with Crippen molar-refractivity contribution < 1.29 is 37.7 Å². The fourth-order valence-electron chi connectivity index (χ4n) is 3.48. The maximum atomic E-state index is 6.05. The molecule has 0 bridgehead atoms. The van der Waals surface area contributed by atoms with Crippen LogP contribution in [0.4, 0.5) is 5.69 Å². The number of benzene rings is 2. The molecule has 2 aromatic carbocycles.